The molecule has 0 aliphatic carbocycles. The molecular weight excluding hydrogens is 512 g/mol. The first-order chi connectivity index (χ1) is 9.04. The molecule has 2 N–H and O–H groups in total. The van der Waals surface area contributed by atoms with Crippen LogP contribution in [0.1, 0.15) is 0 Å². The third-order valence-corrected chi connectivity index (χ3v) is 5.90. The van der Waals surface area contributed by atoms with E-state index < -0.39 is 0 Å². The minimum atomic E-state index is 0.420. The lowest BCUT2D eigenvalue weighted by molar-refractivity contribution is 0.580. The normalized spacial score (nSPS) is 11.2. The Morgan fingerprint density at radius 1 is 0.789 bits per heavy atom. The molecule has 0 fully saturated rings. The molecule has 0 aliphatic heterocycles. The molecule has 0 aromatic carbocycles. The maximum Gasteiger partial charge on any atom is 0.264 e. The molecule has 5 nitrogen and oxygen atoms in total. The van der Waals surface area contributed by atoms with Crippen LogP contribution >= 0.6 is 63.7 Å². The number of halogens is 4. The molecule has 0 atom stereocenters. The zero-order chi connectivity index (χ0) is 13.6. The quantitative estimate of drug-likeness (QED) is 0.498. The van der Waals surface area contributed by atoms with Crippen molar-refractivity contribution in [3.05, 3.63) is 30.3 Å². The Morgan fingerprint density at radius 2 is 1.21 bits per heavy atom. The number of nitrogens with one attached hydrogen (secondary N) is 2. The van der Waals surface area contributed by atoms with E-state index in [0.717, 1.165) is 29.5 Å². The third kappa shape index (κ3) is 2.61. The van der Waals surface area contributed by atoms with Gasteiger partial charge in [0.05, 0.1) is 18.2 Å². The topological polar surface area (TPSA) is 70.5 Å². The molecule has 0 spiro atoms. The average Bonchev–Trinajstić information content (AvgIpc) is 3.03. The summed E-state index contributed by atoms with van der Waals surface area (Å²) in [6.45, 7) is 0. The molecule has 19 heavy (non-hydrogen) atoms. The van der Waals surface area contributed by atoms with Crippen molar-refractivity contribution in [2.75, 3.05) is 0 Å². The summed E-state index contributed by atoms with van der Waals surface area (Å²) in [5.74, 6) is 0.839. The molecular formula is C10H4Br4N4O. The van der Waals surface area contributed by atoms with Gasteiger partial charge in [-0.05, 0) is 75.9 Å². The van der Waals surface area contributed by atoms with Gasteiger partial charge in [-0.1, -0.05) is 0 Å². The first-order valence-electron chi connectivity index (χ1n) is 4.97. The fourth-order valence-corrected chi connectivity index (χ4v) is 2.79. The van der Waals surface area contributed by atoms with Crippen molar-refractivity contribution in [3.8, 4) is 23.2 Å². The van der Waals surface area contributed by atoms with E-state index in [1.807, 2.05) is 12.1 Å². The summed E-state index contributed by atoms with van der Waals surface area (Å²) in [6, 6.07) is 3.73. The highest BCUT2D eigenvalue weighted by Gasteiger charge is 2.15. The number of H-pyrrole nitrogens is 2. The van der Waals surface area contributed by atoms with Crippen LogP contribution in [0, 0.1) is 0 Å². The van der Waals surface area contributed by atoms with Gasteiger partial charge in [0.2, 0.25) is 0 Å². The molecule has 0 saturated heterocycles. The highest BCUT2D eigenvalue weighted by molar-refractivity contribution is 9.13. The Balaban J connectivity index is 1.99. The van der Waals surface area contributed by atoms with Crippen LogP contribution in [0.3, 0.4) is 0 Å². The van der Waals surface area contributed by atoms with E-state index in [9.17, 15) is 0 Å². The van der Waals surface area contributed by atoms with Crippen molar-refractivity contribution in [1.82, 2.24) is 20.2 Å². The second-order valence-corrected chi connectivity index (χ2v) is 6.90. The van der Waals surface area contributed by atoms with E-state index in [2.05, 4.69) is 83.9 Å². The summed E-state index contributed by atoms with van der Waals surface area (Å²) in [5.41, 5.74) is 1.48. The molecule has 3 aromatic heterocycles. The van der Waals surface area contributed by atoms with E-state index in [4.69, 9.17) is 4.42 Å². The molecule has 0 bridgehead atoms. The van der Waals surface area contributed by atoms with Crippen molar-refractivity contribution in [1.29, 1.82) is 0 Å². The van der Waals surface area contributed by atoms with Gasteiger partial charge >= 0.3 is 0 Å². The van der Waals surface area contributed by atoms with Crippen molar-refractivity contribution < 1.29 is 4.42 Å². The van der Waals surface area contributed by atoms with Crippen molar-refractivity contribution in [2.24, 2.45) is 0 Å². The highest BCUT2D eigenvalue weighted by Crippen LogP contribution is 2.32. The van der Waals surface area contributed by atoms with Crippen LogP contribution in [0.2, 0.25) is 0 Å². The van der Waals surface area contributed by atoms with Gasteiger partial charge in [0, 0.05) is 0 Å². The second-order valence-electron chi connectivity index (χ2n) is 3.60. The Hall–Kier alpha value is -0.380. The van der Waals surface area contributed by atoms with Crippen LogP contribution < -0.4 is 0 Å². The average molecular weight is 516 g/mol. The standard InChI is InChI=1S/C10H4Br4N4O/c11-3-1-5(15-7(3)13)9-17-18-10(19-9)6-2-4(12)8(14)16-6/h1-2,15-16H. The summed E-state index contributed by atoms with van der Waals surface area (Å²) in [7, 11) is 0. The first-order valence-corrected chi connectivity index (χ1v) is 8.14. The maximum atomic E-state index is 5.62. The molecule has 0 unspecified atom stereocenters. The lowest BCUT2D eigenvalue weighted by atomic mass is 10.4. The molecule has 0 aliphatic rings. The summed E-state index contributed by atoms with van der Waals surface area (Å²) in [4.78, 5) is 6.17. The van der Waals surface area contributed by atoms with Gasteiger partial charge in [-0.3, -0.25) is 0 Å². The highest BCUT2D eigenvalue weighted by atomic mass is 79.9. The molecule has 98 valence electrons. The van der Waals surface area contributed by atoms with Crippen LogP contribution in [-0.2, 0) is 0 Å². The van der Waals surface area contributed by atoms with Gasteiger partial charge < -0.3 is 14.4 Å². The SMILES string of the molecule is Brc1cc(-c2nnc(-c3cc(Br)c(Br)[nH]3)o2)[nH]c1Br. The monoisotopic (exact) mass is 512 g/mol. The lowest BCUT2D eigenvalue weighted by Gasteiger charge is -1.88. The number of aromatic amines is 2. The number of nitrogens with zero attached hydrogens (tertiary/aromatic N) is 2. The predicted molar refractivity (Wildman–Crippen MR) is 84.7 cm³/mol. The molecule has 3 rings (SSSR count). The van der Waals surface area contributed by atoms with Gasteiger partial charge in [-0.2, -0.15) is 0 Å². The Bertz CT molecular complexity index is 645. The van der Waals surface area contributed by atoms with Gasteiger partial charge in [0.25, 0.3) is 11.8 Å². The summed E-state index contributed by atoms with van der Waals surface area (Å²) >= 11 is 13.5. The largest absolute Gasteiger partial charge is 0.413 e. The number of rotatable bonds is 2. The smallest absolute Gasteiger partial charge is 0.264 e. The van der Waals surface area contributed by atoms with E-state index >= 15 is 0 Å². The first kappa shape index (κ1) is 13.6. The summed E-state index contributed by atoms with van der Waals surface area (Å²) < 4.78 is 9.07. The molecule has 3 aromatic rings. The molecule has 0 radical (unpaired) electrons. The Kier molecular flexibility index (Phi) is 3.71. The van der Waals surface area contributed by atoms with Gasteiger partial charge in [0.1, 0.15) is 11.4 Å². The summed E-state index contributed by atoms with van der Waals surface area (Å²) in [6.07, 6.45) is 0. The maximum absolute atomic E-state index is 5.62. The summed E-state index contributed by atoms with van der Waals surface area (Å²) in [5, 5.41) is 8.03. The number of hydrogen-bond acceptors (Lipinski definition) is 3. The van der Waals surface area contributed by atoms with Crippen LogP contribution in [-0.4, -0.2) is 20.2 Å². The van der Waals surface area contributed by atoms with Gasteiger partial charge in [-0.25, -0.2) is 0 Å². The Labute approximate surface area is 141 Å². The van der Waals surface area contributed by atoms with E-state index in [1.54, 1.807) is 0 Å². The van der Waals surface area contributed by atoms with Crippen LogP contribution in [0.15, 0.2) is 34.7 Å². The van der Waals surface area contributed by atoms with Gasteiger partial charge in [0.15, 0.2) is 0 Å². The number of aromatic nitrogens is 4. The van der Waals surface area contributed by atoms with Crippen LogP contribution in [0.5, 0.6) is 0 Å². The molecule has 0 saturated carbocycles. The van der Waals surface area contributed by atoms with Crippen LogP contribution in [0.4, 0.5) is 0 Å². The Morgan fingerprint density at radius 3 is 1.53 bits per heavy atom. The van der Waals surface area contributed by atoms with E-state index in [1.165, 1.54) is 0 Å². The minimum Gasteiger partial charge on any atom is -0.413 e. The fourth-order valence-electron chi connectivity index (χ4n) is 1.48. The van der Waals surface area contributed by atoms with Crippen molar-refractivity contribution >= 4 is 63.7 Å². The zero-order valence-electron chi connectivity index (χ0n) is 8.97. The predicted octanol–water partition coefficient (Wildman–Crippen LogP) is 5.11. The second kappa shape index (κ2) is 5.19. The fraction of sp³-hybridized carbons (Fsp3) is 0. The molecule has 0 amide bonds. The minimum absolute atomic E-state index is 0.420. The van der Waals surface area contributed by atoms with E-state index in [-0.39, 0.29) is 0 Å². The molecule has 9 heteroatoms. The number of hydrogen-bond donors (Lipinski definition) is 2. The van der Waals surface area contributed by atoms with Gasteiger partial charge in [-0.15, -0.1) is 10.2 Å². The van der Waals surface area contributed by atoms with Crippen molar-refractivity contribution in [2.45, 2.75) is 0 Å². The third-order valence-electron chi connectivity index (χ3n) is 2.34. The lowest BCUT2D eigenvalue weighted by Crippen LogP contribution is -1.76. The molecule has 3 heterocycles. The van der Waals surface area contributed by atoms with E-state index in [0.29, 0.717) is 11.8 Å². The van der Waals surface area contributed by atoms with Crippen molar-refractivity contribution in [3.63, 3.8) is 0 Å². The zero-order valence-corrected chi connectivity index (χ0v) is 15.3. The van der Waals surface area contributed by atoms with Crippen LogP contribution in [0.25, 0.3) is 23.2 Å².